The Morgan fingerprint density at radius 3 is 2.70 bits per heavy atom. The van der Waals surface area contributed by atoms with E-state index in [0.717, 1.165) is 0 Å². The number of hydrogen-bond acceptors (Lipinski definition) is 6. The van der Waals surface area contributed by atoms with Crippen LogP contribution in [-0.4, -0.2) is 62.1 Å². The second-order valence-electron chi connectivity index (χ2n) is 7.58. The molecule has 0 radical (unpaired) electrons. The molecule has 0 aromatic heterocycles. The van der Waals surface area contributed by atoms with Crippen LogP contribution < -0.4 is 10.6 Å². The minimum atomic E-state index is -0.791. The second-order valence-corrected chi connectivity index (χ2v) is 7.58. The molecule has 0 bridgehead atoms. The monoisotopic (exact) mass is 419 g/mol. The normalized spacial score (nSPS) is 23.9. The first-order valence-corrected chi connectivity index (χ1v) is 10.2. The van der Waals surface area contributed by atoms with Crippen molar-refractivity contribution in [2.45, 2.75) is 31.6 Å². The zero-order chi connectivity index (χ0) is 21.1. The van der Waals surface area contributed by atoms with Gasteiger partial charge in [-0.15, -0.1) is 0 Å². The van der Waals surface area contributed by atoms with Gasteiger partial charge in [-0.25, -0.2) is 14.0 Å². The molecular weight excluding hydrogens is 393 g/mol. The van der Waals surface area contributed by atoms with Gasteiger partial charge in [0.25, 0.3) is 0 Å². The standard InChI is InChI=1S/C21H26FN3O5/c1-2-28-19(26)17-16(13-25-8-6-21(7-9-25)29-10-11-30-21)23-20(27)24-18(17)14-4-3-5-15(22)12-14/h3-5,12,18H,2,6-11,13H2,1H3,(H2,23,24,27). The SMILES string of the molecule is CCOC(=O)C1=C(CN2CCC3(CC2)OCCO3)NC(=O)NC1c1cccc(F)c1. The number of carbonyl (C=O) groups is 2. The number of urea groups is 1. The lowest BCUT2D eigenvalue weighted by Gasteiger charge is -2.39. The lowest BCUT2D eigenvalue weighted by molar-refractivity contribution is -0.184. The zero-order valence-electron chi connectivity index (χ0n) is 16.9. The fourth-order valence-corrected chi connectivity index (χ4v) is 4.19. The number of rotatable bonds is 5. The molecule has 2 fully saturated rings. The summed E-state index contributed by atoms with van der Waals surface area (Å²) in [4.78, 5) is 27.3. The molecule has 1 aromatic carbocycles. The van der Waals surface area contributed by atoms with E-state index in [4.69, 9.17) is 14.2 Å². The lowest BCUT2D eigenvalue weighted by Crippen LogP contribution is -2.51. The Labute approximate surface area is 174 Å². The predicted octanol–water partition coefficient (Wildman–Crippen LogP) is 1.84. The number of halogens is 1. The summed E-state index contributed by atoms with van der Waals surface area (Å²) in [6, 6.07) is 4.62. The highest BCUT2D eigenvalue weighted by Gasteiger charge is 2.41. The third-order valence-corrected chi connectivity index (χ3v) is 5.64. The average Bonchev–Trinajstić information content (AvgIpc) is 3.18. The highest BCUT2D eigenvalue weighted by atomic mass is 19.1. The number of likely N-dealkylation sites (tertiary alicyclic amines) is 1. The molecule has 1 aromatic rings. The van der Waals surface area contributed by atoms with Crippen molar-refractivity contribution in [2.24, 2.45) is 0 Å². The minimum absolute atomic E-state index is 0.195. The van der Waals surface area contributed by atoms with Crippen molar-refractivity contribution in [1.82, 2.24) is 15.5 Å². The van der Waals surface area contributed by atoms with Gasteiger partial charge < -0.3 is 24.8 Å². The van der Waals surface area contributed by atoms with Crippen molar-refractivity contribution < 1.29 is 28.2 Å². The van der Waals surface area contributed by atoms with Crippen LogP contribution in [0.2, 0.25) is 0 Å². The maximum Gasteiger partial charge on any atom is 0.338 e. The molecule has 162 valence electrons. The van der Waals surface area contributed by atoms with E-state index in [1.54, 1.807) is 19.1 Å². The Morgan fingerprint density at radius 1 is 1.30 bits per heavy atom. The molecule has 2 N–H and O–H groups in total. The number of benzene rings is 1. The summed E-state index contributed by atoms with van der Waals surface area (Å²) in [6.45, 7) is 4.89. The first kappa shape index (κ1) is 20.8. The molecule has 1 atom stereocenters. The largest absolute Gasteiger partial charge is 0.463 e. The number of amides is 2. The van der Waals surface area contributed by atoms with Crippen molar-refractivity contribution in [3.8, 4) is 0 Å². The van der Waals surface area contributed by atoms with Crippen LogP contribution >= 0.6 is 0 Å². The van der Waals surface area contributed by atoms with Gasteiger partial charge in [-0.05, 0) is 24.6 Å². The van der Waals surface area contributed by atoms with Gasteiger partial charge in [0, 0.05) is 38.2 Å². The number of nitrogens with zero attached hydrogens (tertiary/aromatic N) is 1. The summed E-state index contributed by atoms with van der Waals surface area (Å²) in [6.07, 6.45) is 1.43. The molecule has 3 aliphatic rings. The van der Waals surface area contributed by atoms with Crippen LogP contribution in [0.4, 0.5) is 9.18 Å². The molecule has 8 nitrogen and oxygen atoms in total. The molecule has 1 spiro atoms. The van der Waals surface area contributed by atoms with Crippen molar-refractivity contribution in [2.75, 3.05) is 39.5 Å². The van der Waals surface area contributed by atoms with Crippen LogP contribution in [-0.2, 0) is 19.0 Å². The summed E-state index contributed by atoms with van der Waals surface area (Å²) < 4.78 is 30.6. The summed E-state index contributed by atoms with van der Waals surface area (Å²) in [5.74, 6) is -1.48. The van der Waals surface area contributed by atoms with Gasteiger partial charge >= 0.3 is 12.0 Å². The van der Waals surface area contributed by atoms with Gasteiger partial charge in [0.15, 0.2) is 5.79 Å². The van der Waals surface area contributed by atoms with E-state index in [2.05, 4.69) is 15.5 Å². The summed E-state index contributed by atoms with van der Waals surface area (Å²) in [5.41, 5.74) is 1.24. The van der Waals surface area contributed by atoms with Gasteiger partial charge in [-0.3, -0.25) is 4.90 Å². The Kier molecular flexibility index (Phi) is 6.03. The average molecular weight is 419 g/mol. The molecule has 0 saturated carbocycles. The molecule has 3 heterocycles. The van der Waals surface area contributed by atoms with Crippen molar-refractivity contribution in [3.63, 3.8) is 0 Å². The fourth-order valence-electron chi connectivity index (χ4n) is 4.19. The van der Waals surface area contributed by atoms with Gasteiger partial charge in [0.2, 0.25) is 0 Å². The van der Waals surface area contributed by atoms with Crippen molar-refractivity contribution in [3.05, 3.63) is 46.9 Å². The molecule has 2 saturated heterocycles. The zero-order valence-corrected chi connectivity index (χ0v) is 16.9. The van der Waals surface area contributed by atoms with E-state index in [-0.39, 0.29) is 12.2 Å². The van der Waals surface area contributed by atoms with E-state index < -0.39 is 29.6 Å². The molecular formula is C21H26FN3O5. The maximum atomic E-state index is 13.8. The number of ether oxygens (including phenoxy) is 3. The highest BCUT2D eigenvalue weighted by Crippen LogP contribution is 2.33. The first-order valence-electron chi connectivity index (χ1n) is 10.2. The Morgan fingerprint density at radius 2 is 2.03 bits per heavy atom. The van der Waals surface area contributed by atoms with Crippen molar-refractivity contribution in [1.29, 1.82) is 0 Å². The van der Waals surface area contributed by atoms with E-state index in [9.17, 15) is 14.0 Å². The van der Waals surface area contributed by atoms with E-state index in [0.29, 0.717) is 57.0 Å². The van der Waals surface area contributed by atoms with Crippen LogP contribution in [0.25, 0.3) is 0 Å². The summed E-state index contributed by atoms with van der Waals surface area (Å²) in [7, 11) is 0. The van der Waals surface area contributed by atoms with Gasteiger partial charge in [-0.1, -0.05) is 12.1 Å². The van der Waals surface area contributed by atoms with E-state index in [1.807, 2.05) is 0 Å². The van der Waals surface area contributed by atoms with Gasteiger partial charge in [0.05, 0.1) is 31.4 Å². The number of carbonyl (C=O) groups excluding carboxylic acids is 2. The molecule has 0 aliphatic carbocycles. The van der Waals surface area contributed by atoms with Gasteiger partial charge in [-0.2, -0.15) is 0 Å². The Balaban J connectivity index is 1.60. The van der Waals surface area contributed by atoms with E-state index in [1.165, 1.54) is 12.1 Å². The summed E-state index contributed by atoms with van der Waals surface area (Å²) in [5, 5.41) is 5.48. The Hall–Kier alpha value is -2.49. The highest BCUT2D eigenvalue weighted by molar-refractivity contribution is 5.95. The number of esters is 1. The number of nitrogens with one attached hydrogen (secondary N) is 2. The summed E-state index contributed by atoms with van der Waals surface area (Å²) >= 11 is 0. The van der Waals surface area contributed by atoms with Crippen molar-refractivity contribution >= 4 is 12.0 Å². The Bertz CT molecular complexity index is 843. The molecule has 9 heteroatoms. The lowest BCUT2D eigenvalue weighted by atomic mass is 9.94. The molecule has 1 unspecified atom stereocenters. The van der Waals surface area contributed by atoms with Crippen LogP contribution in [0, 0.1) is 5.82 Å². The quantitative estimate of drug-likeness (QED) is 0.708. The van der Waals surface area contributed by atoms with Crippen LogP contribution in [0.3, 0.4) is 0 Å². The molecule has 2 amide bonds. The third-order valence-electron chi connectivity index (χ3n) is 5.64. The molecule has 30 heavy (non-hydrogen) atoms. The van der Waals surface area contributed by atoms with Crippen LogP contribution in [0.1, 0.15) is 31.4 Å². The molecule has 4 rings (SSSR count). The fraction of sp³-hybridized carbons (Fsp3) is 0.524. The van der Waals surface area contributed by atoms with Gasteiger partial charge in [0.1, 0.15) is 5.82 Å². The number of piperidine rings is 1. The topological polar surface area (TPSA) is 89.1 Å². The first-order chi connectivity index (χ1) is 14.5. The van der Waals surface area contributed by atoms with Crippen LogP contribution in [0.5, 0.6) is 0 Å². The molecule has 3 aliphatic heterocycles. The number of hydrogen-bond donors (Lipinski definition) is 2. The third kappa shape index (κ3) is 4.33. The predicted molar refractivity (Wildman–Crippen MR) is 105 cm³/mol. The smallest absolute Gasteiger partial charge is 0.338 e. The maximum absolute atomic E-state index is 13.8. The second kappa shape index (κ2) is 8.71. The van der Waals surface area contributed by atoms with Crippen LogP contribution in [0.15, 0.2) is 35.5 Å². The van der Waals surface area contributed by atoms with E-state index >= 15 is 0 Å². The minimum Gasteiger partial charge on any atom is -0.463 e.